The van der Waals surface area contributed by atoms with Gasteiger partial charge in [0.1, 0.15) is 5.82 Å². The van der Waals surface area contributed by atoms with Gasteiger partial charge in [0.25, 0.3) is 0 Å². The minimum absolute atomic E-state index is 0. The first-order valence-corrected chi connectivity index (χ1v) is 6.35. The molecule has 0 amide bonds. The molecule has 0 fully saturated rings. The van der Waals surface area contributed by atoms with Crippen molar-refractivity contribution in [2.75, 3.05) is 5.73 Å². The zero-order valence-electron chi connectivity index (χ0n) is 12.2. The van der Waals surface area contributed by atoms with Gasteiger partial charge in [0.05, 0.1) is 5.92 Å². The van der Waals surface area contributed by atoms with E-state index in [1.165, 1.54) is 10.9 Å². The summed E-state index contributed by atoms with van der Waals surface area (Å²) in [5.41, 5.74) is 6.65. The molecule has 0 saturated heterocycles. The molecule has 2 heterocycles. The molecule has 3 N–H and O–H groups in total. The first kappa shape index (κ1) is 19.6. The molecule has 1 unspecified atom stereocenters. The third-order valence-corrected chi connectivity index (χ3v) is 2.55. The van der Waals surface area contributed by atoms with E-state index in [1.807, 2.05) is 13.8 Å². The molecular weight excluding hydrogens is 345 g/mol. The number of hydrogen-bond acceptors (Lipinski definition) is 4. The third kappa shape index (κ3) is 5.85. The van der Waals surface area contributed by atoms with Crippen molar-refractivity contribution in [3.05, 3.63) is 49.2 Å². The smallest absolute Gasteiger partial charge is 0.311 e. The van der Waals surface area contributed by atoms with Gasteiger partial charge in [0.2, 0.25) is 0 Å². The van der Waals surface area contributed by atoms with Gasteiger partial charge in [-0.05, 0) is 18.5 Å². The molecule has 0 aliphatic rings. The van der Waals surface area contributed by atoms with Crippen LogP contribution in [-0.2, 0) is 43.9 Å². The van der Waals surface area contributed by atoms with E-state index in [0.717, 1.165) is 0 Å². The summed E-state index contributed by atoms with van der Waals surface area (Å²) in [6, 6.07) is 5.15. The monoisotopic (exact) mass is 364 g/mol. The minimum Gasteiger partial charge on any atom is -0.481 e. The van der Waals surface area contributed by atoms with Gasteiger partial charge in [-0.1, -0.05) is 26.1 Å². The van der Waals surface area contributed by atoms with Crippen LogP contribution in [0.25, 0.3) is 0 Å². The van der Waals surface area contributed by atoms with E-state index in [4.69, 9.17) is 5.73 Å². The molecule has 0 aliphatic heterocycles. The van der Waals surface area contributed by atoms with Gasteiger partial charge in [-0.25, -0.2) is 4.98 Å². The number of carbonyl (C=O) groups is 1. The number of carboxylic acid groups (broad SMARTS) is 1. The molecule has 1 radical (unpaired) electrons. The predicted octanol–water partition coefficient (Wildman–Crippen LogP) is 1.93. The molecule has 2 aromatic rings. The molecule has 1 atom stereocenters. The number of aliphatic carboxylic acids is 1. The second kappa shape index (κ2) is 9.52. The van der Waals surface area contributed by atoms with Crippen molar-refractivity contribution >= 4 is 11.8 Å². The van der Waals surface area contributed by atoms with Crippen molar-refractivity contribution in [1.82, 2.24) is 14.5 Å². The first-order chi connectivity index (χ1) is 9.56. The fourth-order valence-corrected chi connectivity index (χ4v) is 1.70. The van der Waals surface area contributed by atoms with Crippen molar-refractivity contribution in [2.24, 2.45) is 0 Å². The number of pyridine rings is 1. The number of imidazole rings is 1. The van der Waals surface area contributed by atoms with Crippen molar-refractivity contribution in [1.29, 1.82) is 0 Å². The fraction of sp³-hybridized carbons (Fsp3) is 0.286. The molecule has 7 heteroatoms. The van der Waals surface area contributed by atoms with Crippen LogP contribution in [0.4, 0.5) is 5.82 Å². The number of nitrogens with zero attached hydrogens (tertiary/aromatic N) is 3. The molecule has 0 bridgehead atoms. The zero-order chi connectivity index (χ0) is 15.1. The van der Waals surface area contributed by atoms with Gasteiger partial charge in [0, 0.05) is 50.5 Å². The summed E-state index contributed by atoms with van der Waals surface area (Å²) in [7, 11) is 3.63. The van der Waals surface area contributed by atoms with Crippen LogP contribution in [0.15, 0.2) is 30.7 Å². The summed E-state index contributed by atoms with van der Waals surface area (Å²) in [5.74, 6) is -1.32. The summed E-state index contributed by atoms with van der Waals surface area (Å²) < 4.78 is 1.47. The number of nitrogen functional groups attached to an aromatic ring is 1. The van der Waals surface area contributed by atoms with Crippen LogP contribution in [0.5, 0.6) is 0 Å². The largest absolute Gasteiger partial charge is 0.481 e. The van der Waals surface area contributed by atoms with Crippen LogP contribution in [0.3, 0.4) is 0 Å². The summed E-state index contributed by atoms with van der Waals surface area (Å²) in [6.07, 6.45) is 3.31. The molecule has 2 aromatic heterocycles. The van der Waals surface area contributed by atoms with E-state index in [9.17, 15) is 9.90 Å². The Balaban J connectivity index is 0.00000128. The van der Waals surface area contributed by atoms with E-state index in [0.29, 0.717) is 17.2 Å². The molecule has 0 saturated carbocycles. The Bertz CT molecular complexity index is 572. The van der Waals surface area contributed by atoms with Crippen molar-refractivity contribution < 1.29 is 42.6 Å². The minimum atomic E-state index is -0.946. The molecule has 21 heavy (non-hydrogen) atoms. The van der Waals surface area contributed by atoms with E-state index in [1.54, 1.807) is 24.4 Å². The van der Waals surface area contributed by atoms with E-state index in [-0.39, 0.29) is 39.1 Å². The number of carboxylic acids is 1. The van der Waals surface area contributed by atoms with Crippen LogP contribution in [0.2, 0.25) is 0 Å². The molecular formula is C14H19N4O2Y-. The van der Waals surface area contributed by atoms with Gasteiger partial charge >= 0.3 is 5.97 Å². The van der Waals surface area contributed by atoms with Crippen LogP contribution in [0, 0.1) is 7.05 Å². The summed E-state index contributed by atoms with van der Waals surface area (Å²) in [5, 5.41) is 9.24. The van der Waals surface area contributed by atoms with E-state index < -0.39 is 11.9 Å². The second-order valence-electron chi connectivity index (χ2n) is 3.96. The summed E-state index contributed by atoms with van der Waals surface area (Å²) in [6.45, 7) is 4.00. The van der Waals surface area contributed by atoms with Gasteiger partial charge in [-0.15, -0.1) is 7.05 Å². The summed E-state index contributed by atoms with van der Waals surface area (Å²) in [4.78, 5) is 19.4. The predicted molar refractivity (Wildman–Crippen MR) is 77.1 cm³/mol. The Labute approximate surface area is 149 Å². The van der Waals surface area contributed by atoms with Crippen molar-refractivity contribution in [3.63, 3.8) is 0 Å². The van der Waals surface area contributed by atoms with Crippen LogP contribution < -0.4 is 5.73 Å². The SMILES string of the molecule is CC.[CH2-]n1cnc(C(Cc2cccc(N)n2)C(=O)O)c1.[Y]. The topological polar surface area (TPSA) is 94.0 Å². The average Bonchev–Trinajstić information content (AvgIpc) is 2.84. The Kier molecular flexibility index (Phi) is 8.89. The molecule has 0 spiro atoms. The van der Waals surface area contributed by atoms with Crippen LogP contribution >= 0.6 is 0 Å². The Hall–Kier alpha value is -1.40. The van der Waals surface area contributed by atoms with Gasteiger partial charge in [-0.2, -0.15) is 0 Å². The van der Waals surface area contributed by atoms with Gasteiger partial charge in [-0.3, -0.25) is 4.79 Å². The Morgan fingerprint density at radius 2 is 2.14 bits per heavy atom. The molecule has 0 aliphatic carbocycles. The maximum Gasteiger partial charge on any atom is 0.311 e. The average molecular weight is 364 g/mol. The Morgan fingerprint density at radius 1 is 1.48 bits per heavy atom. The number of aromatic nitrogens is 3. The maximum absolute atomic E-state index is 11.3. The Morgan fingerprint density at radius 3 is 2.62 bits per heavy atom. The van der Waals surface area contributed by atoms with Gasteiger partial charge < -0.3 is 20.4 Å². The fourth-order valence-electron chi connectivity index (χ4n) is 1.70. The molecule has 6 nitrogen and oxygen atoms in total. The quantitative estimate of drug-likeness (QED) is 0.809. The van der Waals surface area contributed by atoms with Crippen LogP contribution in [0.1, 0.15) is 31.2 Å². The van der Waals surface area contributed by atoms with Crippen LogP contribution in [-0.4, -0.2) is 25.6 Å². The summed E-state index contributed by atoms with van der Waals surface area (Å²) >= 11 is 0. The zero-order valence-corrected chi connectivity index (χ0v) is 15.1. The van der Waals surface area contributed by atoms with Gasteiger partial charge in [0.15, 0.2) is 0 Å². The molecule has 111 valence electrons. The number of hydrogen-bond donors (Lipinski definition) is 2. The van der Waals surface area contributed by atoms with E-state index in [2.05, 4.69) is 17.0 Å². The van der Waals surface area contributed by atoms with E-state index >= 15 is 0 Å². The van der Waals surface area contributed by atoms with Crippen molar-refractivity contribution in [2.45, 2.75) is 26.2 Å². The first-order valence-electron chi connectivity index (χ1n) is 6.35. The number of anilines is 1. The maximum atomic E-state index is 11.3. The second-order valence-corrected chi connectivity index (χ2v) is 3.96. The standard InChI is InChI=1S/C12H13N4O2.C2H6.Y/c1-16-6-10(14-7-16)9(12(17)18)5-8-3-2-4-11(13)15-8;1-2;/h2-4,6-7,9H,1,5H2,(H2,13,15)(H,17,18);1-2H3;/q-1;;. The number of nitrogens with two attached hydrogens (primary N) is 1. The number of rotatable bonds is 4. The molecule has 2 rings (SSSR count). The normalized spacial score (nSPS) is 10.8. The third-order valence-electron chi connectivity index (χ3n) is 2.55. The molecule has 0 aromatic carbocycles. The van der Waals surface area contributed by atoms with Crippen molar-refractivity contribution in [3.8, 4) is 0 Å².